The zero-order chi connectivity index (χ0) is 16.9. The molecule has 3 fully saturated rings. The van der Waals surface area contributed by atoms with Gasteiger partial charge in [0.25, 0.3) is 0 Å². The number of Topliss-reactive ketones (excluding diaryl/α,β-unsaturated/α-hetero) is 2. The van der Waals surface area contributed by atoms with Crippen molar-refractivity contribution in [2.45, 2.75) is 71.1 Å². The molecule has 0 saturated heterocycles. The van der Waals surface area contributed by atoms with E-state index in [2.05, 4.69) is 19.1 Å². The normalized spacial score (nSPS) is 44.2. The lowest BCUT2D eigenvalue weighted by Crippen LogP contribution is -2.51. The Morgan fingerprint density at radius 3 is 2.83 bits per heavy atom. The Kier molecular flexibility index (Phi) is 3.71. The molecular weight excluding hydrogens is 298 g/mol. The largest absolute Gasteiger partial charge is 0.299 e. The van der Waals surface area contributed by atoms with Gasteiger partial charge in [0.05, 0.1) is 6.07 Å². The molecule has 4 aliphatic rings. The van der Waals surface area contributed by atoms with Crippen molar-refractivity contribution in [3.8, 4) is 6.07 Å². The molecule has 0 amide bonds. The molecule has 0 aromatic rings. The van der Waals surface area contributed by atoms with E-state index in [1.807, 2.05) is 0 Å². The summed E-state index contributed by atoms with van der Waals surface area (Å²) in [4.78, 5) is 24.5. The number of hydrogen-bond acceptors (Lipinski definition) is 3. The van der Waals surface area contributed by atoms with Crippen LogP contribution in [0.15, 0.2) is 11.6 Å². The maximum absolute atomic E-state index is 12.5. The van der Waals surface area contributed by atoms with Gasteiger partial charge < -0.3 is 0 Å². The van der Waals surface area contributed by atoms with Crippen LogP contribution in [0.1, 0.15) is 71.1 Å². The highest BCUT2D eigenvalue weighted by Crippen LogP contribution is 2.65. The van der Waals surface area contributed by atoms with Gasteiger partial charge in [-0.15, -0.1) is 0 Å². The molecule has 5 atom stereocenters. The van der Waals surface area contributed by atoms with E-state index in [-0.39, 0.29) is 10.8 Å². The van der Waals surface area contributed by atoms with Crippen molar-refractivity contribution in [2.75, 3.05) is 0 Å². The van der Waals surface area contributed by atoms with E-state index in [9.17, 15) is 14.9 Å². The molecule has 3 heteroatoms. The minimum absolute atomic E-state index is 0.0690. The summed E-state index contributed by atoms with van der Waals surface area (Å²) in [5.41, 5.74) is 1.30. The Bertz CT molecular complexity index is 657. The molecule has 1 unspecified atom stereocenters. The Hall–Kier alpha value is -1.43. The Morgan fingerprint density at radius 2 is 2.04 bits per heavy atom. The second-order valence-electron chi connectivity index (χ2n) is 8.79. The molecule has 0 aromatic heterocycles. The first-order valence-electron chi connectivity index (χ1n) is 9.63. The quantitative estimate of drug-likeness (QED) is 0.708. The molecule has 24 heavy (non-hydrogen) atoms. The number of fused-ring (bicyclic) bond motifs is 5. The Labute approximate surface area is 144 Å². The molecular formula is C21H27NO2. The monoisotopic (exact) mass is 325 g/mol. The summed E-state index contributed by atoms with van der Waals surface area (Å²) in [6.07, 6.45) is 11.0. The van der Waals surface area contributed by atoms with Crippen LogP contribution in [0.5, 0.6) is 0 Å². The molecule has 4 aliphatic carbocycles. The third kappa shape index (κ3) is 2.08. The number of nitrogens with zero attached hydrogens (tertiary/aromatic N) is 1. The van der Waals surface area contributed by atoms with Gasteiger partial charge in [-0.1, -0.05) is 18.6 Å². The number of hydrogen-bond donors (Lipinski definition) is 0. The summed E-state index contributed by atoms with van der Waals surface area (Å²) in [7, 11) is 0. The molecule has 0 aromatic carbocycles. The summed E-state index contributed by atoms with van der Waals surface area (Å²) >= 11 is 0. The van der Waals surface area contributed by atoms with Gasteiger partial charge in [0, 0.05) is 31.1 Å². The first kappa shape index (κ1) is 16.1. The van der Waals surface area contributed by atoms with Gasteiger partial charge in [-0.25, -0.2) is 0 Å². The summed E-state index contributed by atoms with van der Waals surface area (Å²) in [6.45, 7) is 2.20. The van der Waals surface area contributed by atoms with Crippen LogP contribution in [0.25, 0.3) is 0 Å². The fourth-order valence-corrected chi connectivity index (χ4v) is 6.80. The van der Waals surface area contributed by atoms with Gasteiger partial charge in [-0.2, -0.15) is 5.26 Å². The second kappa shape index (κ2) is 5.55. The first-order chi connectivity index (χ1) is 11.5. The molecule has 0 bridgehead atoms. The van der Waals surface area contributed by atoms with Gasteiger partial charge in [-0.3, -0.25) is 9.59 Å². The molecule has 4 rings (SSSR count). The highest BCUT2D eigenvalue weighted by atomic mass is 16.1. The van der Waals surface area contributed by atoms with E-state index >= 15 is 0 Å². The van der Waals surface area contributed by atoms with Crippen molar-refractivity contribution in [1.82, 2.24) is 0 Å². The number of ketones is 2. The van der Waals surface area contributed by atoms with E-state index in [4.69, 9.17) is 0 Å². The summed E-state index contributed by atoms with van der Waals surface area (Å²) in [5, 5.41) is 9.18. The van der Waals surface area contributed by atoms with Crippen LogP contribution in [-0.2, 0) is 9.59 Å². The maximum atomic E-state index is 12.5. The highest BCUT2D eigenvalue weighted by molar-refractivity contribution is 5.87. The molecule has 0 spiro atoms. The topological polar surface area (TPSA) is 57.9 Å². The predicted molar refractivity (Wildman–Crippen MR) is 90.9 cm³/mol. The number of carbonyl (C=O) groups excluding carboxylic acids is 2. The van der Waals surface area contributed by atoms with Crippen LogP contribution in [0.3, 0.4) is 0 Å². The smallest absolute Gasteiger partial charge is 0.139 e. The average Bonchev–Trinajstić information content (AvgIpc) is 2.88. The third-order valence-corrected chi connectivity index (χ3v) is 8.05. The summed E-state index contributed by atoms with van der Waals surface area (Å²) in [5.74, 6) is 2.50. The molecule has 0 radical (unpaired) electrons. The fourth-order valence-electron chi connectivity index (χ4n) is 6.80. The van der Waals surface area contributed by atoms with Crippen molar-refractivity contribution in [3.05, 3.63) is 11.6 Å². The highest BCUT2D eigenvalue weighted by Gasteiger charge is 2.59. The van der Waals surface area contributed by atoms with Crippen molar-refractivity contribution in [2.24, 2.45) is 28.6 Å². The van der Waals surface area contributed by atoms with Crippen molar-refractivity contribution < 1.29 is 9.59 Å². The lowest BCUT2D eigenvalue weighted by atomic mass is 9.46. The van der Waals surface area contributed by atoms with E-state index in [0.717, 1.165) is 44.9 Å². The average molecular weight is 325 g/mol. The van der Waals surface area contributed by atoms with Crippen molar-refractivity contribution in [3.63, 3.8) is 0 Å². The lowest BCUT2D eigenvalue weighted by molar-refractivity contribution is -0.132. The van der Waals surface area contributed by atoms with Gasteiger partial charge in [0.2, 0.25) is 0 Å². The second-order valence-corrected chi connectivity index (χ2v) is 8.79. The predicted octanol–water partition coefficient (Wildman–Crippen LogP) is 4.37. The van der Waals surface area contributed by atoms with E-state index in [1.165, 1.54) is 5.57 Å². The van der Waals surface area contributed by atoms with Gasteiger partial charge >= 0.3 is 0 Å². The molecule has 3 saturated carbocycles. The van der Waals surface area contributed by atoms with Crippen molar-refractivity contribution in [1.29, 1.82) is 5.26 Å². The number of nitriles is 1. The van der Waals surface area contributed by atoms with Gasteiger partial charge in [0.1, 0.15) is 11.6 Å². The van der Waals surface area contributed by atoms with E-state index < -0.39 is 0 Å². The van der Waals surface area contributed by atoms with E-state index in [1.54, 1.807) is 0 Å². The standard InChI is InChI=1S/C21H27NO2/c1-20-10-8-18-16(17(20)5-6-19(20)24)4-3-14-13-15(23)7-11-21(14,18)9-2-12-22/h3,16-18H,2,4-11,13H2,1H3/t16-,17-,18-,20-,21?/m0/s1. The zero-order valence-corrected chi connectivity index (χ0v) is 14.6. The molecule has 3 nitrogen and oxygen atoms in total. The van der Waals surface area contributed by atoms with Crippen LogP contribution >= 0.6 is 0 Å². The molecule has 0 N–H and O–H groups in total. The van der Waals surface area contributed by atoms with Crippen LogP contribution < -0.4 is 0 Å². The fraction of sp³-hybridized carbons (Fsp3) is 0.762. The number of rotatable bonds is 2. The Morgan fingerprint density at radius 1 is 1.21 bits per heavy atom. The van der Waals surface area contributed by atoms with E-state index in [0.29, 0.717) is 48.6 Å². The SMILES string of the molecule is C[C@]12CC[C@H]3[C@@H](CC=C4CC(=O)CCC43CCC#N)[C@@H]1CCC2=O. The summed E-state index contributed by atoms with van der Waals surface area (Å²) < 4.78 is 0. The number of allylic oxidation sites excluding steroid dienone is 2. The molecule has 128 valence electrons. The van der Waals surface area contributed by atoms with Crippen LogP contribution in [-0.4, -0.2) is 11.6 Å². The number of carbonyl (C=O) groups is 2. The van der Waals surface area contributed by atoms with Crippen molar-refractivity contribution >= 4 is 11.6 Å². The van der Waals surface area contributed by atoms with Crippen LogP contribution in [0.2, 0.25) is 0 Å². The summed E-state index contributed by atoms with van der Waals surface area (Å²) in [6, 6.07) is 2.34. The zero-order valence-electron chi connectivity index (χ0n) is 14.6. The Balaban J connectivity index is 1.72. The van der Waals surface area contributed by atoms with Crippen LogP contribution in [0, 0.1) is 39.9 Å². The minimum Gasteiger partial charge on any atom is -0.299 e. The van der Waals surface area contributed by atoms with Gasteiger partial charge in [0.15, 0.2) is 0 Å². The molecule has 0 heterocycles. The van der Waals surface area contributed by atoms with Crippen LogP contribution in [0.4, 0.5) is 0 Å². The van der Waals surface area contributed by atoms with Gasteiger partial charge in [-0.05, 0) is 61.7 Å². The molecule has 0 aliphatic heterocycles. The first-order valence-corrected chi connectivity index (χ1v) is 9.63. The maximum Gasteiger partial charge on any atom is 0.139 e. The third-order valence-electron chi connectivity index (χ3n) is 8.05. The minimum atomic E-state index is -0.104. The lowest BCUT2D eigenvalue weighted by Gasteiger charge is -2.57.